The smallest absolute Gasteiger partial charge is 0.222 e. The molecule has 1 aliphatic rings. The molecule has 2 aromatic heterocycles. The van der Waals surface area contributed by atoms with Gasteiger partial charge in [0.05, 0.1) is 4.47 Å². The van der Waals surface area contributed by atoms with Crippen LogP contribution in [0.15, 0.2) is 41.3 Å². The molecule has 1 fully saturated rings. The van der Waals surface area contributed by atoms with Gasteiger partial charge in [-0.2, -0.15) is 0 Å². The highest BCUT2D eigenvalue weighted by atomic mass is 79.9. The van der Waals surface area contributed by atoms with Crippen molar-refractivity contribution >= 4 is 27.7 Å². The molecule has 3 heterocycles. The SMILES string of the molecule is Brc1cnc(NC2CCN(c3ccccn3)CC2)nc1. The molecule has 0 aliphatic carbocycles. The summed E-state index contributed by atoms with van der Waals surface area (Å²) < 4.78 is 0.896. The maximum Gasteiger partial charge on any atom is 0.222 e. The Morgan fingerprint density at radius 3 is 2.50 bits per heavy atom. The zero-order valence-electron chi connectivity index (χ0n) is 11.0. The first kappa shape index (κ1) is 13.3. The summed E-state index contributed by atoms with van der Waals surface area (Å²) >= 11 is 3.34. The summed E-state index contributed by atoms with van der Waals surface area (Å²) in [6.45, 7) is 2.01. The van der Waals surface area contributed by atoms with E-state index in [0.29, 0.717) is 12.0 Å². The Hall–Kier alpha value is -1.69. The highest BCUT2D eigenvalue weighted by Crippen LogP contribution is 2.19. The second-order valence-corrected chi connectivity index (χ2v) is 5.73. The summed E-state index contributed by atoms with van der Waals surface area (Å²) in [7, 11) is 0. The summed E-state index contributed by atoms with van der Waals surface area (Å²) in [5.41, 5.74) is 0. The summed E-state index contributed by atoms with van der Waals surface area (Å²) in [6, 6.07) is 6.47. The van der Waals surface area contributed by atoms with Gasteiger partial charge in [0.25, 0.3) is 0 Å². The fraction of sp³-hybridized carbons (Fsp3) is 0.357. The molecule has 0 aromatic carbocycles. The number of aromatic nitrogens is 3. The van der Waals surface area contributed by atoms with E-state index in [4.69, 9.17) is 0 Å². The first-order valence-electron chi connectivity index (χ1n) is 6.71. The Morgan fingerprint density at radius 1 is 1.10 bits per heavy atom. The van der Waals surface area contributed by atoms with E-state index >= 15 is 0 Å². The number of hydrogen-bond acceptors (Lipinski definition) is 5. The van der Waals surface area contributed by atoms with Crippen LogP contribution >= 0.6 is 15.9 Å². The lowest BCUT2D eigenvalue weighted by Crippen LogP contribution is -2.39. The minimum Gasteiger partial charge on any atom is -0.356 e. The van der Waals surface area contributed by atoms with Crippen molar-refractivity contribution in [2.24, 2.45) is 0 Å². The number of anilines is 2. The normalized spacial score (nSPS) is 16.1. The van der Waals surface area contributed by atoms with Gasteiger partial charge in [0.15, 0.2) is 0 Å². The third-order valence-corrected chi connectivity index (χ3v) is 3.83. The van der Waals surface area contributed by atoms with Crippen LogP contribution in [0.3, 0.4) is 0 Å². The summed E-state index contributed by atoms with van der Waals surface area (Å²) in [5, 5.41) is 3.39. The minimum atomic E-state index is 0.427. The van der Waals surface area contributed by atoms with E-state index in [2.05, 4.69) is 47.2 Å². The van der Waals surface area contributed by atoms with Crippen molar-refractivity contribution in [2.75, 3.05) is 23.3 Å². The molecule has 20 heavy (non-hydrogen) atoms. The number of nitrogens with one attached hydrogen (secondary N) is 1. The van der Waals surface area contributed by atoms with Gasteiger partial charge in [-0.25, -0.2) is 15.0 Å². The van der Waals surface area contributed by atoms with Gasteiger partial charge in [-0.1, -0.05) is 6.07 Å². The zero-order valence-corrected chi connectivity index (χ0v) is 12.6. The second kappa shape index (κ2) is 6.17. The molecule has 1 saturated heterocycles. The van der Waals surface area contributed by atoms with Crippen molar-refractivity contribution < 1.29 is 0 Å². The standard InChI is InChI=1S/C14H16BrN5/c15-11-9-17-14(18-10-11)19-12-4-7-20(8-5-12)13-3-1-2-6-16-13/h1-3,6,9-10,12H,4-5,7-8H2,(H,17,18,19). The summed E-state index contributed by atoms with van der Waals surface area (Å²) in [6.07, 6.45) is 7.50. The maximum absolute atomic E-state index is 4.40. The number of piperidine rings is 1. The minimum absolute atomic E-state index is 0.427. The molecule has 2 aromatic rings. The average Bonchev–Trinajstić information content (AvgIpc) is 2.51. The third kappa shape index (κ3) is 3.25. The van der Waals surface area contributed by atoms with Crippen molar-refractivity contribution in [1.29, 1.82) is 0 Å². The van der Waals surface area contributed by atoms with E-state index in [1.807, 2.05) is 18.3 Å². The van der Waals surface area contributed by atoms with E-state index in [1.54, 1.807) is 12.4 Å². The van der Waals surface area contributed by atoms with Gasteiger partial charge in [-0.05, 0) is 40.9 Å². The van der Waals surface area contributed by atoms with Crippen LogP contribution in [0.4, 0.5) is 11.8 Å². The van der Waals surface area contributed by atoms with Crippen LogP contribution in [0.5, 0.6) is 0 Å². The van der Waals surface area contributed by atoms with E-state index in [1.165, 1.54) is 0 Å². The third-order valence-electron chi connectivity index (χ3n) is 3.42. The number of rotatable bonds is 3. The Kier molecular flexibility index (Phi) is 4.11. The van der Waals surface area contributed by atoms with Gasteiger partial charge in [-0.3, -0.25) is 0 Å². The molecular formula is C14H16BrN5. The quantitative estimate of drug-likeness (QED) is 0.935. The lowest BCUT2D eigenvalue weighted by atomic mass is 10.1. The van der Waals surface area contributed by atoms with E-state index < -0.39 is 0 Å². The first-order chi connectivity index (χ1) is 9.81. The van der Waals surface area contributed by atoms with Gasteiger partial charge in [0, 0.05) is 37.7 Å². The molecule has 104 valence electrons. The van der Waals surface area contributed by atoms with Crippen molar-refractivity contribution in [3.8, 4) is 0 Å². The van der Waals surface area contributed by atoms with E-state index in [9.17, 15) is 0 Å². The molecule has 3 rings (SSSR count). The summed E-state index contributed by atoms with van der Waals surface area (Å²) in [4.78, 5) is 15.2. The highest BCUT2D eigenvalue weighted by Gasteiger charge is 2.20. The van der Waals surface area contributed by atoms with Gasteiger partial charge in [0.2, 0.25) is 5.95 Å². The first-order valence-corrected chi connectivity index (χ1v) is 7.50. The van der Waals surface area contributed by atoms with Crippen LogP contribution in [0.25, 0.3) is 0 Å². The molecule has 0 unspecified atom stereocenters. The maximum atomic E-state index is 4.40. The Bertz CT molecular complexity index is 537. The van der Waals surface area contributed by atoms with Crippen molar-refractivity contribution in [3.63, 3.8) is 0 Å². The van der Waals surface area contributed by atoms with E-state index in [0.717, 1.165) is 36.2 Å². The number of hydrogen-bond donors (Lipinski definition) is 1. The average molecular weight is 334 g/mol. The molecule has 0 spiro atoms. The predicted octanol–water partition coefficient (Wildman–Crippen LogP) is 2.72. The molecule has 0 atom stereocenters. The Balaban J connectivity index is 1.55. The lowest BCUT2D eigenvalue weighted by molar-refractivity contribution is 0.521. The van der Waals surface area contributed by atoms with E-state index in [-0.39, 0.29) is 0 Å². The fourth-order valence-corrected chi connectivity index (χ4v) is 2.57. The van der Waals surface area contributed by atoms with Gasteiger partial charge >= 0.3 is 0 Å². The molecule has 0 radical (unpaired) electrons. The topological polar surface area (TPSA) is 53.9 Å². The number of halogens is 1. The van der Waals surface area contributed by atoms with Crippen LogP contribution in [0.2, 0.25) is 0 Å². The van der Waals surface area contributed by atoms with Gasteiger partial charge in [0.1, 0.15) is 5.82 Å². The second-order valence-electron chi connectivity index (χ2n) is 4.82. The monoisotopic (exact) mass is 333 g/mol. The zero-order chi connectivity index (χ0) is 13.8. The van der Waals surface area contributed by atoms with Crippen LogP contribution in [-0.4, -0.2) is 34.1 Å². The predicted molar refractivity (Wildman–Crippen MR) is 82.8 cm³/mol. The Morgan fingerprint density at radius 2 is 1.85 bits per heavy atom. The fourth-order valence-electron chi connectivity index (χ4n) is 2.36. The lowest BCUT2D eigenvalue weighted by Gasteiger charge is -2.33. The largest absolute Gasteiger partial charge is 0.356 e. The van der Waals surface area contributed by atoms with Crippen LogP contribution in [0.1, 0.15) is 12.8 Å². The van der Waals surface area contributed by atoms with Crippen molar-refractivity contribution in [3.05, 3.63) is 41.3 Å². The van der Waals surface area contributed by atoms with Crippen LogP contribution in [-0.2, 0) is 0 Å². The number of nitrogens with zero attached hydrogens (tertiary/aromatic N) is 4. The Labute approximate surface area is 126 Å². The highest BCUT2D eigenvalue weighted by molar-refractivity contribution is 9.10. The van der Waals surface area contributed by atoms with Gasteiger partial charge in [-0.15, -0.1) is 0 Å². The molecule has 0 saturated carbocycles. The molecule has 1 N–H and O–H groups in total. The molecule has 0 amide bonds. The molecule has 6 heteroatoms. The molecule has 5 nitrogen and oxygen atoms in total. The number of pyridine rings is 1. The van der Waals surface area contributed by atoms with Crippen molar-refractivity contribution in [2.45, 2.75) is 18.9 Å². The van der Waals surface area contributed by atoms with Crippen LogP contribution < -0.4 is 10.2 Å². The molecule has 1 aliphatic heterocycles. The molecular weight excluding hydrogens is 318 g/mol. The van der Waals surface area contributed by atoms with Crippen molar-refractivity contribution in [1.82, 2.24) is 15.0 Å². The van der Waals surface area contributed by atoms with Gasteiger partial charge < -0.3 is 10.2 Å². The molecule has 0 bridgehead atoms. The summed E-state index contributed by atoms with van der Waals surface area (Å²) in [5.74, 6) is 1.76. The van der Waals surface area contributed by atoms with Crippen LogP contribution in [0, 0.1) is 0 Å².